The molecule has 0 radical (unpaired) electrons. The average molecular weight is 270 g/mol. The number of ketones is 1. The van der Waals surface area contributed by atoms with E-state index in [-0.39, 0.29) is 25.2 Å². The summed E-state index contributed by atoms with van der Waals surface area (Å²) in [4.78, 5) is 12.1. The van der Waals surface area contributed by atoms with Gasteiger partial charge in [0.25, 0.3) is 0 Å². The van der Waals surface area contributed by atoms with Crippen LogP contribution in [0.4, 0.5) is 0 Å². The van der Waals surface area contributed by atoms with Gasteiger partial charge in [0, 0.05) is 5.56 Å². The SMILES string of the molecule is CCOP(=O)(CC(=O)c1ccccc1C)OCC. The zero-order chi connectivity index (χ0) is 13.6. The van der Waals surface area contributed by atoms with E-state index in [0.717, 1.165) is 5.56 Å². The van der Waals surface area contributed by atoms with E-state index in [1.807, 2.05) is 19.1 Å². The molecule has 0 bridgehead atoms. The number of hydrogen-bond acceptors (Lipinski definition) is 4. The molecule has 0 aliphatic heterocycles. The molecule has 5 heteroatoms. The highest BCUT2D eigenvalue weighted by Gasteiger charge is 2.28. The smallest absolute Gasteiger partial charge is 0.309 e. The Labute approximate surface area is 108 Å². The normalized spacial score (nSPS) is 11.5. The minimum Gasteiger partial charge on any atom is -0.309 e. The van der Waals surface area contributed by atoms with Crippen LogP contribution in [-0.2, 0) is 13.6 Å². The first-order valence-electron chi connectivity index (χ1n) is 5.99. The summed E-state index contributed by atoms with van der Waals surface area (Å²) in [6.07, 6.45) is -0.209. The van der Waals surface area contributed by atoms with Gasteiger partial charge in [-0.25, -0.2) is 0 Å². The zero-order valence-corrected chi connectivity index (χ0v) is 11.9. The molecule has 0 saturated carbocycles. The first-order valence-corrected chi connectivity index (χ1v) is 7.72. The molecule has 0 heterocycles. The van der Waals surface area contributed by atoms with E-state index in [9.17, 15) is 9.36 Å². The molecular formula is C13H19O4P. The molecule has 1 aromatic rings. The van der Waals surface area contributed by atoms with Crippen molar-refractivity contribution in [1.82, 2.24) is 0 Å². The van der Waals surface area contributed by atoms with Gasteiger partial charge in [0.15, 0.2) is 5.78 Å². The lowest BCUT2D eigenvalue weighted by molar-refractivity contribution is 0.100. The van der Waals surface area contributed by atoms with Gasteiger partial charge in [0.2, 0.25) is 0 Å². The second-order valence-electron chi connectivity index (χ2n) is 3.84. The Morgan fingerprint density at radius 1 is 1.17 bits per heavy atom. The highest BCUT2D eigenvalue weighted by Crippen LogP contribution is 2.48. The molecular weight excluding hydrogens is 251 g/mol. The molecule has 0 aliphatic carbocycles. The first kappa shape index (κ1) is 15.1. The minimum atomic E-state index is -3.31. The van der Waals surface area contributed by atoms with Crippen LogP contribution >= 0.6 is 7.60 Å². The fourth-order valence-electron chi connectivity index (χ4n) is 1.67. The monoisotopic (exact) mass is 270 g/mol. The fraction of sp³-hybridized carbons (Fsp3) is 0.462. The molecule has 0 fully saturated rings. The third-order valence-electron chi connectivity index (χ3n) is 2.43. The molecule has 1 aromatic carbocycles. The molecule has 100 valence electrons. The van der Waals surface area contributed by atoms with E-state index < -0.39 is 7.60 Å². The number of carbonyl (C=O) groups excluding carboxylic acids is 1. The Hall–Kier alpha value is -0.960. The van der Waals surface area contributed by atoms with Gasteiger partial charge >= 0.3 is 7.60 Å². The number of aryl methyl sites for hydroxylation is 1. The van der Waals surface area contributed by atoms with E-state index in [2.05, 4.69) is 0 Å². The molecule has 18 heavy (non-hydrogen) atoms. The summed E-state index contributed by atoms with van der Waals surface area (Å²) in [6, 6.07) is 7.21. The van der Waals surface area contributed by atoms with Gasteiger partial charge in [-0.15, -0.1) is 0 Å². The fourth-order valence-corrected chi connectivity index (χ4v) is 3.23. The molecule has 0 saturated heterocycles. The van der Waals surface area contributed by atoms with Crippen LogP contribution in [0.1, 0.15) is 29.8 Å². The van der Waals surface area contributed by atoms with E-state index in [0.29, 0.717) is 5.56 Å². The standard InChI is InChI=1S/C13H19O4P/c1-4-16-18(15,17-5-2)10-13(14)12-9-7-6-8-11(12)3/h6-9H,4-5,10H2,1-3H3. The van der Waals surface area contributed by atoms with Crippen LogP contribution in [0, 0.1) is 6.92 Å². The van der Waals surface area contributed by atoms with E-state index in [1.54, 1.807) is 26.0 Å². The van der Waals surface area contributed by atoms with Gasteiger partial charge in [0.1, 0.15) is 6.16 Å². The van der Waals surface area contributed by atoms with Gasteiger partial charge in [0.05, 0.1) is 13.2 Å². The van der Waals surface area contributed by atoms with Gasteiger partial charge in [-0.3, -0.25) is 9.36 Å². The number of hydrogen-bond donors (Lipinski definition) is 0. The lowest BCUT2D eigenvalue weighted by Gasteiger charge is -2.16. The van der Waals surface area contributed by atoms with Crippen LogP contribution in [0.2, 0.25) is 0 Å². The zero-order valence-electron chi connectivity index (χ0n) is 11.0. The molecule has 0 unspecified atom stereocenters. The van der Waals surface area contributed by atoms with Crippen molar-refractivity contribution in [3.8, 4) is 0 Å². The Morgan fingerprint density at radius 2 is 1.72 bits per heavy atom. The quantitative estimate of drug-likeness (QED) is 0.562. The average Bonchev–Trinajstić information content (AvgIpc) is 2.29. The topological polar surface area (TPSA) is 52.6 Å². The molecule has 0 atom stereocenters. The summed E-state index contributed by atoms with van der Waals surface area (Å²) in [7, 11) is -3.31. The summed E-state index contributed by atoms with van der Waals surface area (Å²) in [6.45, 7) is 5.82. The Balaban J connectivity index is 2.85. The number of benzene rings is 1. The Bertz CT molecular complexity index is 446. The van der Waals surface area contributed by atoms with Crippen molar-refractivity contribution >= 4 is 13.4 Å². The van der Waals surface area contributed by atoms with Crippen LogP contribution in [0.3, 0.4) is 0 Å². The van der Waals surface area contributed by atoms with E-state index >= 15 is 0 Å². The number of rotatable bonds is 7. The van der Waals surface area contributed by atoms with Gasteiger partial charge in [-0.2, -0.15) is 0 Å². The number of carbonyl (C=O) groups is 1. The van der Waals surface area contributed by atoms with Crippen LogP contribution in [0.5, 0.6) is 0 Å². The van der Waals surface area contributed by atoms with Crippen molar-refractivity contribution in [1.29, 1.82) is 0 Å². The van der Waals surface area contributed by atoms with Crippen molar-refractivity contribution in [2.75, 3.05) is 19.4 Å². The molecule has 0 N–H and O–H groups in total. The van der Waals surface area contributed by atoms with Crippen molar-refractivity contribution in [3.63, 3.8) is 0 Å². The maximum absolute atomic E-state index is 12.2. The van der Waals surface area contributed by atoms with Crippen molar-refractivity contribution in [3.05, 3.63) is 35.4 Å². The molecule has 4 nitrogen and oxygen atoms in total. The van der Waals surface area contributed by atoms with Crippen LogP contribution in [0.15, 0.2) is 24.3 Å². The summed E-state index contributed by atoms with van der Waals surface area (Å²) < 4.78 is 22.5. The van der Waals surface area contributed by atoms with Gasteiger partial charge in [-0.1, -0.05) is 24.3 Å². The maximum Gasteiger partial charge on any atom is 0.338 e. The molecule has 0 spiro atoms. The molecule has 0 aromatic heterocycles. The second kappa shape index (κ2) is 6.83. The van der Waals surface area contributed by atoms with Crippen molar-refractivity contribution in [2.24, 2.45) is 0 Å². The van der Waals surface area contributed by atoms with E-state index in [1.165, 1.54) is 0 Å². The van der Waals surface area contributed by atoms with Crippen LogP contribution in [-0.4, -0.2) is 25.2 Å². The summed E-state index contributed by atoms with van der Waals surface area (Å²) in [5.74, 6) is -0.210. The third kappa shape index (κ3) is 4.05. The number of Topliss-reactive ketones (excluding diaryl/α,β-unsaturated/α-hetero) is 1. The van der Waals surface area contributed by atoms with Crippen molar-refractivity contribution in [2.45, 2.75) is 20.8 Å². The lowest BCUT2D eigenvalue weighted by Crippen LogP contribution is -2.11. The Kier molecular flexibility index (Phi) is 5.73. The minimum absolute atomic E-state index is 0.209. The van der Waals surface area contributed by atoms with Gasteiger partial charge < -0.3 is 9.05 Å². The maximum atomic E-state index is 12.2. The third-order valence-corrected chi connectivity index (χ3v) is 4.41. The predicted octanol–water partition coefficient (Wildman–Crippen LogP) is 3.44. The lowest BCUT2D eigenvalue weighted by atomic mass is 10.1. The highest BCUT2D eigenvalue weighted by atomic mass is 31.2. The Morgan fingerprint density at radius 3 is 2.22 bits per heavy atom. The van der Waals surface area contributed by atoms with Crippen LogP contribution < -0.4 is 0 Å². The summed E-state index contributed by atoms with van der Waals surface area (Å²) in [5, 5.41) is 0. The summed E-state index contributed by atoms with van der Waals surface area (Å²) in [5.41, 5.74) is 1.43. The van der Waals surface area contributed by atoms with Gasteiger partial charge in [-0.05, 0) is 26.3 Å². The largest absolute Gasteiger partial charge is 0.338 e. The van der Waals surface area contributed by atoms with E-state index in [4.69, 9.17) is 9.05 Å². The first-order chi connectivity index (χ1) is 8.52. The molecule has 1 rings (SSSR count). The van der Waals surface area contributed by atoms with Crippen molar-refractivity contribution < 1.29 is 18.4 Å². The summed E-state index contributed by atoms with van der Waals surface area (Å²) >= 11 is 0. The second-order valence-corrected chi connectivity index (χ2v) is 5.90. The molecule has 0 amide bonds. The van der Waals surface area contributed by atoms with Crippen LogP contribution in [0.25, 0.3) is 0 Å². The highest BCUT2D eigenvalue weighted by molar-refractivity contribution is 7.54. The molecule has 0 aliphatic rings. The predicted molar refractivity (Wildman–Crippen MR) is 71.2 cm³/mol.